The largest absolute Gasteiger partial charge is 0.493 e. The summed E-state index contributed by atoms with van der Waals surface area (Å²) in [6.45, 7) is 1.58. The van der Waals surface area contributed by atoms with Crippen LogP contribution in [0.2, 0.25) is 0 Å². The van der Waals surface area contributed by atoms with Crippen LogP contribution >= 0.6 is 31.9 Å². The molecule has 2 aromatic rings. The Kier molecular flexibility index (Phi) is 14.4. The molecule has 168 valence electrons. The quantitative estimate of drug-likeness (QED) is 0.138. The minimum absolute atomic E-state index is 0.789. The van der Waals surface area contributed by atoms with Gasteiger partial charge in [0.15, 0.2) is 0 Å². The van der Waals surface area contributed by atoms with Crippen LogP contribution in [0.3, 0.4) is 0 Å². The lowest BCUT2D eigenvalue weighted by molar-refractivity contribution is 0.301. The highest BCUT2D eigenvalue weighted by molar-refractivity contribution is 9.09. The van der Waals surface area contributed by atoms with E-state index in [1.807, 2.05) is 0 Å². The molecule has 0 aliphatic rings. The maximum absolute atomic E-state index is 6.13. The molecule has 0 aliphatic heterocycles. The molecule has 0 aliphatic carbocycles. The van der Waals surface area contributed by atoms with E-state index in [0.29, 0.717) is 0 Å². The molecule has 0 radical (unpaired) electrons. The summed E-state index contributed by atoms with van der Waals surface area (Å²) in [7, 11) is 0. The molecular weight excluding hydrogens is 504 g/mol. The third kappa shape index (κ3) is 10.0. The number of benzene rings is 2. The van der Waals surface area contributed by atoms with Crippen molar-refractivity contribution in [1.82, 2.24) is 0 Å². The molecule has 0 fully saturated rings. The zero-order valence-electron chi connectivity index (χ0n) is 18.4. The summed E-state index contributed by atoms with van der Waals surface area (Å²) >= 11 is 6.99. The SMILES string of the molecule is BrCCCCCCCCOc1ccc(OCCCCCCCCBr)c2ccccc12. The average molecular weight is 542 g/mol. The van der Waals surface area contributed by atoms with E-state index >= 15 is 0 Å². The van der Waals surface area contributed by atoms with Gasteiger partial charge in [-0.25, -0.2) is 0 Å². The highest BCUT2D eigenvalue weighted by atomic mass is 79.9. The second kappa shape index (κ2) is 16.9. The third-order valence-electron chi connectivity index (χ3n) is 5.42. The zero-order valence-corrected chi connectivity index (χ0v) is 21.5. The molecule has 0 bridgehead atoms. The molecule has 0 saturated heterocycles. The van der Waals surface area contributed by atoms with Gasteiger partial charge in [0.2, 0.25) is 0 Å². The predicted octanol–water partition coefficient (Wildman–Crippen LogP) is 9.07. The molecule has 2 nitrogen and oxygen atoms in total. The molecule has 0 heterocycles. The van der Waals surface area contributed by atoms with Crippen LogP contribution in [-0.2, 0) is 0 Å². The van der Waals surface area contributed by atoms with Crippen molar-refractivity contribution in [3.8, 4) is 11.5 Å². The monoisotopic (exact) mass is 540 g/mol. The molecule has 30 heavy (non-hydrogen) atoms. The van der Waals surface area contributed by atoms with E-state index in [1.165, 1.54) is 64.2 Å². The van der Waals surface area contributed by atoms with E-state index in [1.54, 1.807) is 0 Å². The fourth-order valence-corrected chi connectivity index (χ4v) is 4.46. The third-order valence-corrected chi connectivity index (χ3v) is 6.54. The highest BCUT2D eigenvalue weighted by Crippen LogP contribution is 2.33. The van der Waals surface area contributed by atoms with Crippen molar-refractivity contribution in [3.63, 3.8) is 0 Å². The van der Waals surface area contributed by atoms with Gasteiger partial charge in [0, 0.05) is 21.4 Å². The van der Waals surface area contributed by atoms with Crippen molar-refractivity contribution >= 4 is 42.6 Å². The number of halogens is 2. The average Bonchev–Trinajstić information content (AvgIpc) is 2.78. The maximum atomic E-state index is 6.13. The van der Waals surface area contributed by atoms with Crippen LogP contribution in [0.15, 0.2) is 36.4 Å². The van der Waals surface area contributed by atoms with Crippen LogP contribution in [0.1, 0.15) is 77.0 Å². The molecule has 0 amide bonds. The summed E-state index contributed by atoms with van der Waals surface area (Å²) < 4.78 is 12.3. The first kappa shape index (κ1) is 25.5. The second-order valence-electron chi connectivity index (χ2n) is 7.92. The summed E-state index contributed by atoms with van der Waals surface area (Å²) in [5, 5.41) is 4.56. The lowest BCUT2D eigenvalue weighted by Crippen LogP contribution is -2.00. The summed E-state index contributed by atoms with van der Waals surface area (Å²) in [5.74, 6) is 1.95. The van der Waals surface area contributed by atoms with Crippen molar-refractivity contribution in [3.05, 3.63) is 36.4 Å². The van der Waals surface area contributed by atoms with Crippen molar-refractivity contribution in [1.29, 1.82) is 0 Å². The van der Waals surface area contributed by atoms with Gasteiger partial charge < -0.3 is 9.47 Å². The van der Waals surface area contributed by atoms with Crippen molar-refractivity contribution in [2.45, 2.75) is 77.0 Å². The number of rotatable bonds is 18. The van der Waals surface area contributed by atoms with Crippen LogP contribution in [0, 0.1) is 0 Å². The lowest BCUT2D eigenvalue weighted by atomic mass is 10.1. The Morgan fingerprint density at radius 3 is 1.23 bits per heavy atom. The van der Waals surface area contributed by atoms with Crippen molar-refractivity contribution < 1.29 is 9.47 Å². The topological polar surface area (TPSA) is 18.5 Å². The molecule has 4 heteroatoms. The highest BCUT2D eigenvalue weighted by Gasteiger charge is 2.08. The van der Waals surface area contributed by atoms with Gasteiger partial charge in [-0.05, 0) is 37.8 Å². The van der Waals surface area contributed by atoms with Crippen molar-refractivity contribution in [2.75, 3.05) is 23.9 Å². The first-order chi connectivity index (χ1) is 14.9. The summed E-state index contributed by atoms with van der Waals surface area (Å²) in [5.41, 5.74) is 0. The van der Waals surface area contributed by atoms with Crippen LogP contribution in [0.4, 0.5) is 0 Å². The standard InChI is InChI=1S/C26H38Br2O2/c27-19-11-5-1-3-7-13-21-29-25-17-18-26(24-16-10-9-15-23(24)25)30-22-14-8-4-2-6-12-20-28/h9-10,15-18H,1-8,11-14,19-22H2. The summed E-state index contributed by atoms with van der Waals surface area (Å²) in [6, 6.07) is 12.6. The molecule has 0 atom stereocenters. The smallest absolute Gasteiger partial charge is 0.127 e. The first-order valence-electron chi connectivity index (χ1n) is 11.8. The molecule has 0 spiro atoms. The molecule has 0 aromatic heterocycles. The Morgan fingerprint density at radius 1 is 0.467 bits per heavy atom. The Bertz CT molecular complexity index is 631. The number of hydrogen-bond acceptors (Lipinski definition) is 2. The molecule has 0 saturated carbocycles. The molecule has 0 N–H and O–H groups in total. The Morgan fingerprint density at radius 2 is 0.833 bits per heavy atom. The van der Waals surface area contributed by atoms with Gasteiger partial charge in [-0.3, -0.25) is 0 Å². The van der Waals surface area contributed by atoms with Gasteiger partial charge in [-0.15, -0.1) is 0 Å². The maximum Gasteiger partial charge on any atom is 0.127 e. The van der Waals surface area contributed by atoms with Gasteiger partial charge in [-0.1, -0.05) is 107 Å². The van der Waals surface area contributed by atoms with Gasteiger partial charge in [0.25, 0.3) is 0 Å². The number of ether oxygens (including phenoxy) is 2. The van der Waals surface area contributed by atoms with E-state index in [2.05, 4.69) is 68.3 Å². The van der Waals surface area contributed by atoms with E-state index in [9.17, 15) is 0 Å². The second-order valence-corrected chi connectivity index (χ2v) is 9.51. The molecule has 2 aromatic carbocycles. The van der Waals surface area contributed by atoms with Crippen LogP contribution < -0.4 is 9.47 Å². The Balaban J connectivity index is 1.74. The number of hydrogen-bond donors (Lipinski definition) is 0. The number of fused-ring (bicyclic) bond motifs is 1. The fraction of sp³-hybridized carbons (Fsp3) is 0.615. The van der Waals surface area contributed by atoms with E-state index in [4.69, 9.17) is 9.47 Å². The normalized spacial score (nSPS) is 11.1. The number of alkyl halides is 2. The van der Waals surface area contributed by atoms with Gasteiger partial charge in [0.05, 0.1) is 13.2 Å². The Labute approximate surface area is 200 Å². The van der Waals surface area contributed by atoms with E-state index < -0.39 is 0 Å². The van der Waals surface area contributed by atoms with E-state index in [0.717, 1.165) is 59.0 Å². The van der Waals surface area contributed by atoms with Crippen LogP contribution in [0.5, 0.6) is 11.5 Å². The summed E-state index contributed by atoms with van der Waals surface area (Å²) in [6.07, 6.45) is 15.2. The predicted molar refractivity (Wildman–Crippen MR) is 138 cm³/mol. The first-order valence-corrected chi connectivity index (χ1v) is 14.0. The minimum atomic E-state index is 0.789. The zero-order chi connectivity index (χ0) is 21.3. The van der Waals surface area contributed by atoms with Crippen LogP contribution in [0.25, 0.3) is 10.8 Å². The Hall–Kier alpha value is -0.740. The van der Waals surface area contributed by atoms with E-state index in [-0.39, 0.29) is 0 Å². The van der Waals surface area contributed by atoms with Crippen molar-refractivity contribution in [2.24, 2.45) is 0 Å². The minimum Gasteiger partial charge on any atom is -0.493 e. The van der Waals surface area contributed by atoms with Gasteiger partial charge in [-0.2, -0.15) is 0 Å². The number of unbranched alkanes of at least 4 members (excludes halogenated alkanes) is 10. The molecule has 2 rings (SSSR count). The molecule has 0 unspecified atom stereocenters. The van der Waals surface area contributed by atoms with Gasteiger partial charge in [0.1, 0.15) is 11.5 Å². The summed E-state index contributed by atoms with van der Waals surface area (Å²) in [4.78, 5) is 0. The van der Waals surface area contributed by atoms with Crippen LogP contribution in [-0.4, -0.2) is 23.9 Å². The molecular formula is C26H38Br2O2. The van der Waals surface area contributed by atoms with Gasteiger partial charge >= 0.3 is 0 Å². The lowest BCUT2D eigenvalue weighted by Gasteiger charge is -2.13. The fourth-order valence-electron chi connectivity index (χ4n) is 3.67.